The molecule has 1 N–H and O–H groups in total. The van der Waals surface area contributed by atoms with Gasteiger partial charge in [-0.1, -0.05) is 18.2 Å². The minimum Gasteiger partial charge on any atom is -0.469 e. The predicted octanol–water partition coefficient (Wildman–Crippen LogP) is 2.84. The Balaban J connectivity index is 1.46. The fourth-order valence-electron chi connectivity index (χ4n) is 3.00. The van der Waals surface area contributed by atoms with E-state index in [0.717, 1.165) is 11.3 Å². The lowest BCUT2D eigenvalue weighted by Gasteiger charge is -2.07. The molecule has 3 heterocycles. The lowest BCUT2D eigenvalue weighted by atomic mass is 10.1. The molecule has 30 heavy (non-hydrogen) atoms. The fourth-order valence-corrected chi connectivity index (χ4v) is 3.00. The first-order valence-corrected chi connectivity index (χ1v) is 9.30. The number of carbonyl (C=O) groups is 2. The fraction of sp³-hybridized carbons (Fsp3) is 0.136. The van der Waals surface area contributed by atoms with Gasteiger partial charge in [-0.3, -0.25) is 14.6 Å². The van der Waals surface area contributed by atoms with Crippen LogP contribution in [0.4, 0.5) is 5.69 Å². The molecule has 1 aromatic carbocycles. The van der Waals surface area contributed by atoms with Crippen molar-refractivity contribution in [2.45, 2.75) is 13.0 Å². The Labute approximate surface area is 172 Å². The number of hydrogen-bond donors (Lipinski definition) is 1. The maximum absolute atomic E-state index is 12.6. The molecule has 0 bridgehead atoms. The van der Waals surface area contributed by atoms with E-state index in [1.807, 2.05) is 22.8 Å². The quantitative estimate of drug-likeness (QED) is 0.499. The Kier molecular flexibility index (Phi) is 5.47. The summed E-state index contributed by atoms with van der Waals surface area (Å²) in [7, 11) is 1.35. The zero-order valence-corrected chi connectivity index (χ0v) is 16.3. The van der Waals surface area contributed by atoms with Crippen LogP contribution in [0.3, 0.4) is 0 Å². The molecule has 3 aromatic heterocycles. The first kappa shape index (κ1) is 19.3. The second-order valence-corrected chi connectivity index (χ2v) is 6.66. The predicted molar refractivity (Wildman–Crippen MR) is 111 cm³/mol. The molecule has 0 fully saturated rings. The van der Waals surface area contributed by atoms with E-state index in [0.29, 0.717) is 29.0 Å². The molecule has 0 aliphatic heterocycles. The highest BCUT2D eigenvalue weighted by Gasteiger charge is 2.12. The second-order valence-electron chi connectivity index (χ2n) is 6.66. The Morgan fingerprint density at radius 1 is 1.07 bits per heavy atom. The van der Waals surface area contributed by atoms with Gasteiger partial charge in [0.2, 0.25) is 0 Å². The van der Waals surface area contributed by atoms with Gasteiger partial charge in [-0.2, -0.15) is 0 Å². The molecule has 0 radical (unpaired) electrons. The highest BCUT2D eigenvalue weighted by atomic mass is 16.5. The summed E-state index contributed by atoms with van der Waals surface area (Å²) in [6.45, 7) is 0.549. The van der Waals surface area contributed by atoms with Crippen LogP contribution in [-0.4, -0.2) is 38.5 Å². The molecule has 8 heteroatoms. The van der Waals surface area contributed by atoms with Gasteiger partial charge in [0, 0.05) is 18.1 Å². The molecule has 150 valence electrons. The van der Waals surface area contributed by atoms with Crippen LogP contribution in [0.25, 0.3) is 11.2 Å². The van der Waals surface area contributed by atoms with Crippen LogP contribution in [0.15, 0.2) is 67.3 Å². The maximum atomic E-state index is 12.6. The van der Waals surface area contributed by atoms with Gasteiger partial charge in [-0.05, 0) is 35.9 Å². The number of ether oxygens (including phenoxy) is 1. The summed E-state index contributed by atoms with van der Waals surface area (Å²) in [5.41, 5.74) is 4.05. The molecule has 1 amide bonds. The number of carbonyl (C=O) groups excluding carboxylic acids is 2. The molecule has 0 unspecified atom stereocenters. The van der Waals surface area contributed by atoms with Crippen LogP contribution in [-0.2, 0) is 22.5 Å². The normalized spacial score (nSPS) is 10.7. The highest BCUT2D eigenvalue weighted by Crippen LogP contribution is 2.16. The summed E-state index contributed by atoms with van der Waals surface area (Å²) in [6, 6.07) is 14.5. The first-order chi connectivity index (χ1) is 14.6. The standard InChI is InChI=1S/C22H19N5O3/c1-30-20(28)10-15-5-7-17(8-6-15)26-22(29)16-11-19-21(24-12-16)27(14-25-19)13-18-4-2-3-9-23-18/h2-9,11-12,14H,10,13H2,1H3,(H,26,29). The van der Waals surface area contributed by atoms with Crippen molar-refractivity contribution >= 4 is 28.7 Å². The molecular weight excluding hydrogens is 382 g/mol. The number of imidazole rings is 1. The Hall–Kier alpha value is -4.07. The summed E-state index contributed by atoms with van der Waals surface area (Å²) >= 11 is 0. The van der Waals surface area contributed by atoms with Crippen molar-refractivity contribution in [1.82, 2.24) is 19.5 Å². The summed E-state index contributed by atoms with van der Waals surface area (Å²) in [6.07, 6.45) is 5.15. The number of benzene rings is 1. The molecule has 8 nitrogen and oxygen atoms in total. The van der Waals surface area contributed by atoms with E-state index in [9.17, 15) is 9.59 Å². The number of fused-ring (bicyclic) bond motifs is 1. The molecule has 4 aromatic rings. The minimum atomic E-state index is -0.311. The summed E-state index contributed by atoms with van der Waals surface area (Å²) in [5, 5.41) is 2.82. The van der Waals surface area contributed by atoms with Crippen LogP contribution in [0, 0.1) is 0 Å². The van der Waals surface area contributed by atoms with E-state index in [-0.39, 0.29) is 18.3 Å². The third kappa shape index (κ3) is 4.33. The SMILES string of the molecule is COC(=O)Cc1ccc(NC(=O)c2cnc3c(c2)ncn3Cc2ccccn2)cc1. The monoisotopic (exact) mass is 401 g/mol. The van der Waals surface area contributed by atoms with Crippen molar-refractivity contribution in [3.05, 3.63) is 84.1 Å². The van der Waals surface area contributed by atoms with Crippen molar-refractivity contribution in [1.29, 1.82) is 0 Å². The number of nitrogens with one attached hydrogen (secondary N) is 1. The molecular formula is C22H19N5O3. The number of pyridine rings is 2. The number of amides is 1. The Morgan fingerprint density at radius 2 is 1.90 bits per heavy atom. The van der Waals surface area contributed by atoms with Gasteiger partial charge in [0.05, 0.1) is 37.7 Å². The van der Waals surface area contributed by atoms with Gasteiger partial charge in [-0.25, -0.2) is 9.97 Å². The van der Waals surface area contributed by atoms with Crippen LogP contribution in [0.5, 0.6) is 0 Å². The topological polar surface area (TPSA) is 99.0 Å². The zero-order chi connectivity index (χ0) is 20.9. The minimum absolute atomic E-state index is 0.187. The molecule has 4 rings (SSSR count). The number of aromatic nitrogens is 4. The first-order valence-electron chi connectivity index (χ1n) is 9.30. The highest BCUT2D eigenvalue weighted by molar-refractivity contribution is 6.05. The Bertz CT molecular complexity index is 1190. The van der Waals surface area contributed by atoms with Crippen molar-refractivity contribution < 1.29 is 14.3 Å². The van der Waals surface area contributed by atoms with Crippen LogP contribution in [0.2, 0.25) is 0 Å². The van der Waals surface area contributed by atoms with Gasteiger partial charge in [0.1, 0.15) is 5.52 Å². The average molecular weight is 401 g/mol. The van der Waals surface area contributed by atoms with Gasteiger partial charge in [0.25, 0.3) is 5.91 Å². The lowest BCUT2D eigenvalue weighted by Crippen LogP contribution is -2.12. The number of methoxy groups -OCH3 is 1. The van der Waals surface area contributed by atoms with Gasteiger partial charge in [0.15, 0.2) is 5.65 Å². The van der Waals surface area contributed by atoms with Gasteiger partial charge in [-0.15, -0.1) is 0 Å². The van der Waals surface area contributed by atoms with E-state index in [2.05, 4.69) is 25.0 Å². The van der Waals surface area contributed by atoms with Crippen molar-refractivity contribution in [2.24, 2.45) is 0 Å². The van der Waals surface area contributed by atoms with Gasteiger partial charge < -0.3 is 14.6 Å². The van der Waals surface area contributed by atoms with E-state index >= 15 is 0 Å². The molecule has 0 saturated heterocycles. The second kappa shape index (κ2) is 8.52. The zero-order valence-electron chi connectivity index (χ0n) is 16.3. The van der Waals surface area contributed by atoms with E-state index in [1.54, 1.807) is 42.9 Å². The van der Waals surface area contributed by atoms with Crippen molar-refractivity contribution in [3.63, 3.8) is 0 Å². The van der Waals surface area contributed by atoms with Gasteiger partial charge >= 0.3 is 5.97 Å². The largest absolute Gasteiger partial charge is 0.469 e. The number of nitrogens with zero attached hydrogens (tertiary/aromatic N) is 4. The number of esters is 1. The van der Waals surface area contributed by atoms with Crippen LogP contribution in [0.1, 0.15) is 21.6 Å². The summed E-state index contributed by atoms with van der Waals surface area (Å²) < 4.78 is 6.54. The van der Waals surface area contributed by atoms with Crippen molar-refractivity contribution in [2.75, 3.05) is 12.4 Å². The maximum Gasteiger partial charge on any atom is 0.309 e. The van der Waals surface area contributed by atoms with Crippen LogP contribution < -0.4 is 5.32 Å². The Morgan fingerprint density at radius 3 is 2.63 bits per heavy atom. The van der Waals surface area contributed by atoms with E-state index < -0.39 is 0 Å². The third-order valence-electron chi connectivity index (χ3n) is 4.56. The summed E-state index contributed by atoms with van der Waals surface area (Å²) in [4.78, 5) is 37.0. The molecule has 0 atom stereocenters. The van der Waals surface area contributed by atoms with Crippen molar-refractivity contribution in [3.8, 4) is 0 Å². The molecule has 0 aliphatic rings. The van der Waals surface area contributed by atoms with Crippen LogP contribution >= 0.6 is 0 Å². The smallest absolute Gasteiger partial charge is 0.309 e. The van der Waals surface area contributed by atoms with E-state index in [4.69, 9.17) is 0 Å². The number of anilines is 1. The molecule has 0 saturated carbocycles. The summed E-state index contributed by atoms with van der Waals surface area (Å²) in [5.74, 6) is -0.599. The number of hydrogen-bond acceptors (Lipinski definition) is 6. The lowest BCUT2D eigenvalue weighted by molar-refractivity contribution is -0.139. The molecule has 0 spiro atoms. The average Bonchev–Trinajstić information content (AvgIpc) is 3.17. The third-order valence-corrected chi connectivity index (χ3v) is 4.56. The molecule has 0 aliphatic carbocycles. The number of rotatable bonds is 6. The van der Waals surface area contributed by atoms with E-state index in [1.165, 1.54) is 13.3 Å².